The minimum absolute atomic E-state index is 0.704. The highest BCUT2D eigenvalue weighted by atomic mass is 16.5. The normalized spacial score (nSPS) is 18.0. The molecule has 0 saturated carbocycles. The Morgan fingerprint density at radius 2 is 1.65 bits per heavy atom. The monoisotopic (exact) mass is 244 g/mol. The van der Waals surface area contributed by atoms with Crippen LogP contribution in [0.2, 0.25) is 0 Å². The van der Waals surface area contributed by atoms with Crippen molar-refractivity contribution >= 4 is 0 Å². The van der Waals surface area contributed by atoms with Crippen LogP contribution < -0.4 is 0 Å². The van der Waals surface area contributed by atoms with Crippen LogP contribution in [0.15, 0.2) is 0 Å². The predicted molar refractivity (Wildman–Crippen MR) is 75.6 cm³/mol. The Kier molecular flexibility index (Phi) is 10.9. The van der Waals surface area contributed by atoms with E-state index in [0.717, 1.165) is 13.2 Å². The fraction of sp³-hybridized carbons (Fsp3) is 1.00. The summed E-state index contributed by atoms with van der Waals surface area (Å²) in [5.41, 5.74) is 0. The largest absolute Gasteiger partial charge is 0.382 e. The van der Waals surface area contributed by atoms with Crippen molar-refractivity contribution in [2.24, 2.45) is 0 Å². The van der Waals surface area contributed by atoms with E-state index in [2.05, 4.69) is 30.6 Å². The summed E-state index contributed by atoms with van der Waals surface area (Å²) in [7, 11) is 0. The third-order valence-electron chi connectivity index (χ3n) is 3.10. The molecule has 104 valence electrons. The lowest BCUT2D eigenvalue weighted by Gasteiger charge is -2.36. The van der Waals surface area contributed by atoms with Crippen LogP contribution in [0.3, 0.4) is 0 Å². The van der Waals surface area contributed by atoms with Gasteiger partial charge in [-0.2, -0.15) is 0 Å². The van der Waals surface area contributed by atoms with Crippen LogP contribution in [-0.2, 0) is 4.74 Å². The van der Waals surface area contributed by atoms with Crippen LogP contribution in [0.1, 0.15) is 41.0 Å². The Hall–Kier alpha value is -0.120. The van der Waals surface area contributed by atoms with Gasteiger partial charge in [0.25, 0.3) is 0 Å². The van der Waals surface area contributed by atoms with Gasteiger partial charge in [-0.1, -0.05) is 13.8 Å². The second kappa shape index (κ2) is 11.0. The van der Waals surface area contributed by atoms with E-state index in [1.165, 1.54) is 39.1 Å². The quantitative estimate of drug-likeness (QED) is 0.668. The van der Waals surface area contributed by atoms with Gasteiger partial charge in [0.05, 0.1) is 0 Å². The van der Waals surface area contributed by atoms with Gasteiger partial charge in [-0.3, -0.25) is 4.90 Å². The molecule has 0 aliphatic carbocycles. The van der Waals surface area contributed by atoms with Crippen molar-refractivity contribution in [3.8, 4) is 0 Å². The van der Waals surface area contributed by atoms with Gasteiger partial charge in [-0.25, -0.2) is 0 Å². The summed E-state index contributed by atoms with van der Waals surface area (Å²) >= 11 is 0. The summed E-state index contributed by atoms with van der Waals surface area (Å²) in [5, 5.41) is 0. The molecule has 1 saturated heterocycles. The molecular formula is C14H32N2O. The van der Waals surface area contributed by atoms with Crippen LogP contribution in [0.5, 0.6) is 0 Å². The molecule has 0 aromatic carbocycles. The second-order valence-corrected chi connectivity index (χ2v) is 4.52. The average molecular weight is 244 g/mol. The van der Waals surface area contributed by atoms with Gasteiger partial charge in [-0.05, 0) is 27.2 Å². The van der Waals surface area contributed by atoms with Crippen molar-refractivity contribution < 1.29 is 4.74 Å². The van der Waals surface area contributed by atoms with Crippen molar-refractivity contribution in [3.63, 3.8) is 0 Å². The van der Waals surface area contributed by atoms with E-state index in [-0.39, 0.29) is 0 Å². The molecule has 3 heteroatoms. The Morgan fingerprint density at radius 3 is 2.12 bits per heavy atom. The van der Waals surface area contributed by atoms with Crippen molar-refractivity contribution in [1.82, 2.24) is 9.80 Å². The third kappa shape index (κ3) is 7.74. The molecule has 1 heterocycles. The molecule has 0 aromatic heterocycles. The first-order valence-corrected chi connectivity index (χ1v) is 7.28. The van der Waals surface area contributed by atoms with E-state index in [4.69, 9.17) is 4.74 Å². The van der Waals surface area contributed by atoms with Crippen molar-refractivity contribution in [3.05, 3.63) is 0 Å². The standard InChI is InChI=1S/C12H26N2O.C2H6/c1-4-15-11-5-6-13-7-9-14(10-8-13)12(2)3;1-2/h12H,4-11H2,1-3H3;1-2H3. The molecule has 17 heavy (non-hydrogen) atoms. The first-order chi connectivity index (χ1) is 8.24. The van der Waals surface area contributed by atoms with E-state index in [0.29, 0.717) is 6.04 Å². The predicted octanol–water partition coefficient (Wildman–Crippen LogP) is 2.47. The summed E-state index contributed by atoms with van der Waals surface area (Å²) in [6.45, 7) is 18.5. The minimum atomic E-state index is 0.704. The summed E-state index contributed by atoms with van der Waals surface area (Å²) in [6.07, 6.45) is 1.18. The van der Waals surface area contributed by atoms with E-state index >= 15 is 0 Å². The van der Waals surface area contributed by atoms with Crippen molar-refractivity contribution in [1.29, 1.82) is 0 Å². The van der Waals surface area contributed by atoms with Crippen LogP contribution in [-0.4, -0.2) is 61.8 Å². The smallest absolute Gasteiger partial charge is 0.0478 e. The van der Waals surface area contributed by atoms with Crippen molar-refractivity contribution in [2.45, 2.75) is 47.1 Å². The Bertz CT molecular complexity index is 154. The molecule has 3 nitrogen and oxygen atoms in total. The van der Waals surface area contributed by atoms with Gasteiger partial charge < -0.3 is 9.64 Å². The van der Waals surface area contributed by atoms with Gasteiger partial charge in [0, 0.05) is 52.0 Å². The van der Waals surface area contributed by atoms with E-state index in [1.807, 2.05) is 13.8 Å². The highest BCUT2D eigenvalue weighted by Gasteiger charge is 2.17. The SMILES string of the molecule is CC.CCOCCCN1CCN(C(C)C)CC1. The van der Waals surface area contributed by atoms with E-state index in [1.54, 1.807) is 0 Å². The van der Waals surface area contributed by atoms with Crippen molar-refractivity contribution in [2.75, 3.05) is 45.9 Å². The summed E-state index contributed by atoms with van der Waals surface area (Å²) in [5.74, 6) is 0. The number of rotatable bonds is 6. The van der Waals surface area contributed by atoms with Gasteiger partial charge in [0.2, 0.25) is 0 Å². The molecule has 0 amide bonds. The number of hydrogen-bond acceptors (Lipinski definition) is 3. The molecule has 0 atom stereocenters. The van der Waals surface area contributed by atoms with Crippen LogP contribution >= 0.6 is 0 Å². The van der Waals surface area contributed by atoms with Gasteiger partial charge in [0.15, 0.2) is 0 Å². The third-order valence-corrected chi connectivity index (χ3v) is 3.10. The van der Waals surface area contributed by atoms with E-state index < -0.39 is 0 Å². The Morgan fingerprint density at radius 1 is 1.06 bits per heavy atom. The van der Waals surface area contributed by atoms with Gasteiger partial charge >= 0.3 is 0 Å². The highest BCUT2D eigenvalue weighted by Crippen LogP contribution is 2.05. The molecule has 1 aliphatic rings. The van der Waals surface area contributed by atoms with Gasteiger partial charge in [0.1, 0.15) is 0 Å². The van der Waals surface area contributed by atoms with E-state index in [9.17, 15) is 0 Å². The van der Waals surface area contributed by atoms with Crippen LogP contribution in [0.25, 0.3) is 0 Å². The maximum absolute atomic E-state index is 5.35. The first-order valence-electron chi connectivity index (χ1n) is 7.28. The highest BCUT2D eigenvalue weighted by molar-refractivity contribution is 4.73. The lowest BCUT2D eigenvalue weighted by Crippen LogP contribution is -2.49. The van der Waals surface area contributed by atoms with Crippen LogP contribution in [0, 0.1) is 0 Å². The first kappa shape index (κ1) is 16.9. The minimum Gasteiger partial charge on any atom is -0.382 e. The van der Waals surface area contributed by atoms with Crippen LogP contribution in [0.4, 0.5) is 0 Å². The molecule has 0 bridgehead atoms. The molecule has 1 rings (SSSR count). The number of piperazine rings is 1. The topological polar surface area (TPSA) is 15.7 Å². The number of hydrogen-bond donors (Lipinski definition) is 0. The molecule has 1 fully saturated rings. The number of nitrogens with zero attached hydrogens (tertiary/aromatic N) is 2. The zero-order valence-corrected chi connectivity index (χ0v) is 12.5. The zero-order chi connectivity index (χ0) is 13.1. The molecule has 1 aliphatic heterocycles. The summed E-state index contributed by atoms with van der Waals surface area (Å²) in [4.78, 5) is 5.11. The summed E-state index contributed by atoms with van der Waals surface area (Å²) < 4.78 is 5.35. The fourth-order valence-corrected chi connectivity index (χ4v) is 2.04. The lowest BCUT2D eigenvalue weighted by molar-refractivity contribution is 0.0911. The maximum atomic E-state index is 5.35. The van der Waals surface area contributed by atoms with Gasteiger partial charge in [-0.15, -0.1) is 0 Å². The Balaban J connectivity index is 0.00000121. The zero-order valence-electron chi connectivity index (χ0n) is 12.5. The fourth-order valence-electron chi connectivity index (χ4n) is 2.04. The number of ether oxygens (including phenoxy) is 1. The lowest BCUT2D eigenvalue weighted by atomic mass is 10.2. The average Bonchev–Trinajstić information content (AvgIpc) is 2.38. The molecule has 0 aromatic rings. The molecule has 0 N–H and O–H groups in total. The Labute approximate surface area is 108 Å². The molecular weight excluding hydrogens is 212 g/mol. The summed E-state index contributed by atoms with van der Waals surface area (Å²) in [6, 6.07) is 0.704. The molecule has 0 unspecified atom stereocenters. The molecule has 0 radical (unpaired) electrons. The second-order valence-electron chi connectivity index (χ2n) is 4.52. The maximum Gasteiger partial charge on any atom is 0.0478 e. The molecule has 0 spiro atoms.